The zero-order valence-electron chi connectivity index (χ0n) is 6.21. The van der Waals surface area contributed by atoms with Gasteiger partial charge in [0.2, 0.25) is 0 Å². The minimum atomic E-state index is 0.410. The van der Waals surface area contributed by atoms with Gasteiger partial charge in [-0.3, -0.25) is 0 Å². The summed E-state index contributed by atoms with van der Waals surface area (Å²) in [5.74, 6) is 0.821. The maximum Gasteiger partial charge on any atom is 0.146 e. The zero-order valence-corrected chi connectivity index (χ0v) is 6.21. The Kier molecular flexibility index (Phi) is 3.72. The summed E-state index contributed by atoms with van der Waals surface area (Å²) >= 11 is 0. The summed E-state index contributed by atoms with van der Waals surface area (Å²) in [7, 11) is 0. The van der Waals surface area contributed by atoms with Crippen LogP contribution >= 0.6 is 0 Å². The van der Waals surface area contributed by atoms with Crippen molar-refractivity contribution in [3.05, 3.63) is 0 Å². The van der Waals surface area contributed by atoms with Crippen molar-refractivity contribution in [3.8, 4) is 0 Å². The van der Waals surface area contributed by atoms with Gasteiger partial charge in [0.05, 0.1) is 13.2 Å². The van der Waals surface area contributed by atoms with Gasteiger partial charge in [0.1, 0.15) is 6.79 Å². The summed E-state index contributed by atoms with van der Waals surface area (Å²) in [4.78, 5) is 0. The predicted octanol–water partition coefficient (Wildman–Crippen LogP) is 0.346. The van der Waals surface area contributed by atoms with Crippen LogP contribution in [-0.4, -0.2) is 26.6 Å². The molecule has 0 aliphatic heterocycles. The highest BCUT2D eigenvalue weighted by Crippen LogP contribution is 2.28. The molecule has 60 valence electrons. The largest absolute Gasteiger partial charge is 0.355 e. The summed E-state index contributed by atoms with van der Waals surface area (Å²) in [5.41, 5.74) is 5.20. The Balaban J connectivity index is 1.68. The molecule has 0 aromatic heterocycles. The predicted molar refractivity (Wildman–Crippen MR) is 38.5 cm³/mol. The lowest BCUT2D eigenvalue weighted by Gasteiger charge is -2.02. The number of nitrogens with two attached hydrogens (primary N) is 1. The lowest BCUT2D eigenvalue weighted by molar-refractivity contribution is -0.0544. The van der Waals surface area contributed by atoms with Crippen molar-refractivity contribution in [3.63, 3.8) is 0 Å². The first-order valence-electron chi connectivity index (χ1n) is 3.79. The second-order valence-corrected chi connectivity index (χ2v) is 2.63. The first-order chi connectivity index (χ1) is 4.93. The van der Waals surface area contributed by atoms with Crippen molar-refractivity contribution in [1.29, 1.82) is 0 Å². The monoisotopic (exact) mass is 145 g/mol. The fourth-order valence-electron chi connectivity index (χ4n) is 0.700. The zero-order chi connectivity index (χ0) is 7.23. The van der Waals surface area contributed by atoms with Gasteiger partial charge in [-0.1, -0.05) is 0 Å². The first kappa shape index (κ1) is 7.98. The van der Waals surface area contributed by atoms with Crippen LogP contribution in [0.1, 0.15) is 12.8 Å². The Labute approximate surface area is 61.5 Å². The number of hydrogen-bond acceptors (Lipinski definition) is 3. The quantitative estimate of drug-likeness (QED) is 0.433. The van der Waals surface area contributed by atoms with E-state index in [1.165, 1.54) is 12.8 Å². The molecule has 0 heterocycles. The highest BCUT2D eigenvalue weighted by molar-refractivity contribution is 4.71. The lowest BCUT2D eigenvalue weighted by atomic mass is 10.5. The standard InChI is InChI=1S/C7H15NO2/c8-3-4-9-6-10-5-7-1-2-7/h7H,1-6,8H2. The van der Waals surface area contributed by atoms with Crippen LogP contribution in [0.3, 0.4) is 0 Å². The molecule has 1 fully saturated rings. The maximum atomic E-state index is 5.20. The van der Waals surface area contributed by atoms with Crippen molar-refractivity contribution < 1.29 is 9.47 Å². The van der Waals surface area contributed by atoms with E-state index in [9.17, 15) is 0 Å². The fourth-order valence-corrected chi connectivity index (χ4v) is 0.700. The molecule has 0 atom stereocenters. The van der Waals surface area contributed by atoms with Crippen molar-refractivity contribution >= 4 is 0 Å². The average molecular weight is 145 g/mol. The molecule has 3 heteroatoms. The molecule has 2 N–H and O–H groups in total. The van der Waals surface area contributed by atoms with Gasteiger partial charge >= 0.3 is 0 Å². The van der Waals surface area contributed by atoms with Gasteiger partial charge in [0, 0.05) is 6.54 Å². The van der Waals surface area contributed by atoms with Gasteiger partial charge in [0.25, 0.3) is 0 Å². The van der Waals surface area contributed by atoms with E-state index < -0.39 is 0 Å². The fraction of sp³-hybridized carbons (Fsp3) is 1.00. The topological polar surface area (TPSA) is 44.5 Å². The molecule has 1 saturated carbocycles. The molecule has 0 unspecified atom stereocenters. The molecule has 0 spiro atoms. The third-order valence-corrected chi connectivity index (χ3v) is 1.48. The van der Waals surface area contributed by atoms with Crippen molar-refractivity contribution in [2.45, 2.75) is 12.8 Å². The summed E-state index contributed by atoms with van der Waals surface area (Å²) in [5, 5.41) is 0. The molecule has 1 aliphatic rings. The molecule has 1 aliphatic carbocycles. The summed E-state index contributed by atoms with van der Waals surface area (Å²) in [6, 6.07) is 0. The summed E-state index contributed by atoms with van der Waals surface area (Å²) in [6.45, 7) is 2.45. The van der Waals surface area contributed by atoms with Gasteiger partial charge in [-0.05, 0) is 18.8 Å². The third-order valence-electron chi connectivity index (χ3n) is 1.48. The molecule has 0 aromatic rings. The van der Waals surface area contributed by atoms with Crippen molar-refractivity contribution in [2.75, 3.05) is 26.6 Å². The molecule has 3 nitrogen and oxygen atoms in total. The molecular formula is C7H15NO2. The van der Waals surface area contributed by atoms with Crippen molar-refractivity contribution in [1.82, 2.24) is 0 Å². The van der Waals surface area contributed by atoms with Crippen LogP contribution in [0.25, 0.3) is 0 Å². The normalized spacial score (nSPS) is 17.7. The van der Waals surface area contributed by atoms with Gasteiger partial charge < -0.3 is 15.2 Å². The molecule has 0 saturated heterocycles. The van der Waals surface area contributed by atoms with Crippen molar-refractivity contribution in [2.24, 2.45) is 11.7 Å². The maximum absolute atomic E-state index is 5.20. The SMILES string of the molecule is NCCOCOCC1CC1. The van der Waals surface area contributed by atoms with Gasteiger partial charge in [-0.25, -0.2) is 0 Å². The van der Waals surface area contributed by atoms with E-state index in [2.05, 4.69) is 0 Å². The van der Waals surface area contributed by atoms with Gasteiger partial charge in [-0.15, -0.1) is 0 Å². The molecule has 10 heavy (non-hydrogen) atoms. The van der Waals surface area contributed by atoms with Crippen LogP contribution in [0, 0.1) is 5.92 Å². The van der Waals surface area contributed by atoms with E-state index in [-0.39, 0.29) is 0 Å². The third kappa shape index (κ3) is 3.82. The number of rotatable bonds is 6. The highest BCUT2D eigenvalue weighted by atomic mass is 16.7. The molecular weight excluding hydrogens is 130 g/mol. The summed E-state index contributed by atoms with van der Waals surface area (Å²) < 4.78 is 10.2. The Hall–Kier alpha value is -0.120. The smallest absolute Gasteiger partial charge is 0.146 e. The van der Waals surface area contributed by atoms with Crippen LogP contribution in [0.4, 0.5) is 0 Å². The summed E-state index contributed by atoms with van der Waals surface area (Å²) in [6.07, 6.45) is 2.66. The number of hydrogen-bond donors (Lipinski definition) is 1. The minimum absolute atomic E-state index is 0.410. The van der Waals surface area contributed by atoms with Crippen LogP contribution in [0.2, 0.25) is 0 Å². The van der Waals surface area contributed by atoms with Gasteiger partial charge in [0.15, 0.2) is 0 Å². The van der Waals surface area contributed by atoms with E-state index in [1.807, 2.05) is 0 Å². The molecule has 0 bridgehead atoms. The van der Waals surface area contributed by atoms with Gasteiger partial charge in [-0.2, -0.15) is 0 Å². The Morgan fingerprint density at radius 3 is 2.70 bits per heavy atom. The molecule has 1 rings (SSSR count). The first-order valence-corrected chi connectivity index (χ1v) is 3.79. The Morgan fingerprint density at radius 1 is 1.30 bits per heavy atom. The average Bonchev–Trinajstić information content (AvgIpc) is 2.71. The van der Waals surface area contributed by atoms with Crippen LogP contribution in [-0.2, 0) is 9.47 Å². The molecule has 0 radical (unpaired) electrons. The lowest BCUT2D eigenvalue weighted by Crippen LogP contribution is -2.11. The van der Waals surface area contributed by atoms with E-state index in [0.717, 1.165) is 12.5 Å². The highest BCUT2D eigenvalue weighted by Gasteiger charge is 2.20. The van der Waals surface area contributed by atoms with E-state index >= 15 is 0 Å². The van der Waals surface area contributed by atoms with Crippen LogP contribution < -0.4 is 5.73 Å². The van der Waals surface area contributed by atoms with E-state index in [4.69, 9.17) is 15.2 Å². The van der Waals surface area contributed by atoms with E-state index in [1.54, 1.807) is 0 Å². The Morgan fingerprint density at radius 2 is 2.10 bits per heavy atom. The number of ether oxygens (including phenoxy) is 2. The second-order valence-electron chi connectivity index (χ2n) is 2.63. The molecule has 0 amide bonds. The van der Waals surface area contributed by atoms with Crippen LogP contribution in [0.5, 0.6) is 0 Å². The van der Waals surface area contributed by atoms with E-state index in [0.29, 0.717) is 19.9 Å². The second kappa shape index (κ2) is 4.66. The molecule has 0 aromatic carbocycles. The minimum Gasteiger partial charge on any atom is -0.355 e. The van der Waals surface area contributed by atoms with Crippen LogP contribution in [0.15, 0.2) is 0 Å². The Bertz CT molecular complexity index is 83.7.